The van der Waals surface area contributed by atoms with Gasteiger partial charge in [0, 0.05) is 5.56 Å². The number of aromatic hydroxyl groups is 2. The fraction of sp³-hybridized carbons (Fsp3) is 0.111. The first-order chi connectivity index (χ1) is 5.75. The van der Waals surface area contributed by atoms with Crippen LogP contribution in [0, 0.1) is 0 Å². The third-order valence-corrected chi connectivity index (χ3v) is 1.57. The van der Waals surface area contributed by atoms with E-state index in [-0.39, 0.29) is 11.5 Å². The van der Waals surface area contributed by atoms with Gasteiger partial charge in [0.1, 0.15) is 0 Å². The summed E-state index contributed by atoms with van der Waals surface area (Å²) in [6, 6.07) is 4.84. The molecule has 1 aromatic rings. The summed E-state index contributed by atoms with van der Waals surface area (Å²) < 4.78 is 0. The molecule has 0 fully saturated rings. The van der Waals surface area contributed by atoms with Gasteiger partial charge >= 0.3 is 0 Å². The molecule has 4 N–H and O–H groups in total. The van der Waals surface area contributed by atoms with E-state index >= 15 is 0 Å². The first-order valence-corrected chi connectivity index (χ1v) is 3.62. The minimum absolute atomic E-state index is 0.0735. The maximum Gasteiger partial charge on any atom is 0.160 e. The highest BCUT2D eigenvalue weighted by atomic mass is 16.3. The average molecular weight is 165 g/mol. The van der Waals surface area contributed by atoms with Crippen LogP contribution in [0.15, 0.2) is 30.5 Å². The molecular formula is C9H11NO2. The average Bonchev–Trinajstić information content (AvgIpc) is 2.08. The Hall–Kier alpha value is -1.64. The number of phenols is 2. The number of hydrogen-bond acceptors (Lipinski definition) is 3. The molecule has 0 saturated heterocycles. The molecule has 0 unspecified atom stereocenters. The number of para-hydroxylation sites is 1. The monoisotopic (exact) mass is 165 g/mol. The van der Waals surface area contributed by atoms with Crippen LogP contribution in [-0.2, 0) is 6.42 Å². The molecule has 0 aromatic heterocycles. The third-order valence-electron chi connectivity index (χ3n) is 1.57. The predicted octanol–water partition coefficient (Wildman–Crippen LogP) is 1.11. The molecule has 0 spiro atoms. The molecule has 0 radical (unpaired) electrons. The fourth-order valence-electron chi connectivity index (χ4n) is 0.938. The minimum Gasteiger partial charge on any atom is -0.504 e. The predicted molar refractivity (Wildman–Crippen MR) is 46.8 cm³/mol. The van der Waals surface area contributed by atoms with Gasteiger partial charge in [-0.2, -0.15) is 0 Å². The molecule has 0 aliphatic rings. The Bertz CT molecular complexity index is 295. The van der Waals surface area contributed by atoms with Crippen molar-refractivity contribution >= 4 is 0 Å². The summed E-state index contributed by atoms with van der Waals surface area (Å²) >= 11 is 0. The molecule has 0 saturated carbocycles. The van der Waals surface area contributed by atoms with Crippen LogP contribution in [0.2, 0.25) is 0 Å². The van der Waals surface area contributed by atoms with Gasteiger partial charge < -0.3 is 15.9 Å². The second-order valence-electron chi connectivity index (χ2n) is 2.42. The summed E-state index contributed by atoms with van der Waals surface area (Å²) in [5.41, 5.74) is 5.80. The molecule has 3 nitrogen and oxygen atoms in total. The Labute approximate surface area is 70.8 Å². The maximum absolute atomic E-state index is 9.30. The van der Waals surface area contributed by atoms with Crippen molar-refractivity contribution in [2.45, 2.75) is 6.42 Å². The van der Waals surface area contributed by atoms with E-state index in [0.717, 1.165) is 0 Å². The van der Waals surface area contributed by atoms with Crippen LogP contribution in [0.3, 0.4) is 0 Å². The summed E-state index contributed by atoms with van der Waals surface area (Å²) in [5.74, 6) is -0.173. The lowest BCUT2D eigenvalue weighted by Crippen LogP contribution is -1.84. The van der Waals surface area contributed by atoms with Crippen molar-refractivity contribution in [1.29, 1.82) is 0 Å². The number of benzene rings is 1. The largest absolute Gasteiger partial charge is 0.504 e. The van der Waals surface area contributed by atoms with Crippen molar-refractivity contribution in [3.8, 4) is 11.5 Å². The van der Waals surface area contributed by atoms with Crippen molar-refractivity contribution in [2.75, 3.05) is 0 Å². The zero-order valence-electron chi connectivity index (χ0n) is 6.57. The minimum atomic E-state index is -0.0991. The highest BCUT2D eigenvalue weighted by Crippen LogP contribution is 2.28. The smallest absolute Gasteiger partial charge is 0.160 e. The van der Waals surface area contributed by atoms with Crippen molar-refractivity contribution in [2.24, 2.45) is 5.73 Å². The molecule has 0 aliphatic carbocycles. The van der Waals surface area contributed by atoms with Crippen LogP contribution in [0.1, 0.15) is 5.56 Å². The van der Waals surface area contributed by atoms with Gasteiger partial charge in [0.2, 0.25) is 0 Å². The van der Waals surface area contributed by atoms with Crippen molar-refractivity contribution in [1.82, 2.24) is 0 Å². The zero-order chi connectivity index (χ0) is 8.97. The normalized spacial score (nSPS) is 10.7. The van der Waals surface area contributed by atoms with Crippen LogP contribution >= 0.6 is 0 Å². The summed E-state index contributed by atoms with van der Waals surface area (Å²) in [7, 11) is 0. The molecule has 0 atom stereocenters. The van der Waals surface area contributed by atoms with E-state index in [1.54, 1.807) is 18.2 Å². The van der Waals surface area contributed by atoms with Crippen LogP contribution in [-0.4, -0.2) is 10.2 Å². The van der Waals surface area contributed by atoms with Crippen LogP contribution in [0.4, 0.5) is 0 Å². The molecule has 12 heavy (non-hydrogen) atoms. The number of phenolic OH excluding ortho intramolecular Hbond substituents is 2. The van der Waals surface area contributed by atoms with Gasteiger partial charge in [-0.25, -0.2) is 0 Å². The van der Waals surface area contributed by atoms with Crippen molar-refractivity contribution in [3.63, 3.8) is 0 Å². The Morgan fingerprint density at radius 2 is 2.08 bits per heavy atom. The SMILES string of the molecule is NC=CCc1cccc(O)c1O. The van der Waals surface area contributed by atoms with E-state index in [1.165, 1.54) is 12.3 Å². The van der Waals surface area contributed by atoms with Gasteiger partial charge in [-0.1, -0.05) is 18.2 Å². The quantitative estimate of drug-likeness (QED) is 0.575. The third kappa shape index (κ3) is 1.69. The fourth-order valence-corrected chi connectivity index (χ4v) is 0.938. The van der Waals surface area contributed by atoms with Gasteiger partial charge in [-0.05, 0) is 18.7 Å². The van der Waals surface area contributed by atoms with Crippen molar-refractivity contribution in [3.05, 3.63) is 36.0 Å². The van der Waals surface area contributed by atoms with Gasteiger partial charge in [-0.3, -0.25) is 0 Å². The van der Waals surface area contributed by atoms with Crippen molar-refractivity contribution < 1.29 is 10.2 Å². The van der Waals surface area contributed by atoms with Crippen LogP contribution in [0.25, 0.3) is 0 Å². The van der Waals surface area contributed by atoms with Gasteiger partial charge in [-0.15, -0.1) is 0 Å². The molecule has 0 aliphatic heterocycles. The van der Waals surface area contributed by atoms with E-state index in [4.69, 9.17) is 10.8 Å². The van der Waals surface area contributed by atoms with E-state index < -0.39 is 0 Å². The number of rotatable bonds is 2. The van der Waals surface area contributed by atoms with Gasteiger partial charge in [0.25, 0.3) is 0 Å². The maximum atomic E-state index is 9.30. The number of nitrogens with two attached hydrogens (primary N) is 1. The van der Waals surface area contributed by atoms with Crippen LogP contribution in [0.5, 0.6) is 11.5 Å². The topological polar surface area (TPSA) is 66.5 Å². The molecule has 1 aromatic carbocycles. The molecular weight excluding hydrogens is 154 g/mol. The molecule has 1 rings (SSSR count). The van der Waals surface area contributed by atoms with E-state index in [9.17, 15) is 5.11 Å². The number of allylic oxidation sites excluding steroid dienone is 1. The Balaban J connectivity index is 2.92. The van der Waals surface area contributed by atoms with Crippen LogP contribution < -0.4 is 5.73 Å². The van der Waals surface area contributed by atoms with Gasteiger partial charge in [0.15, 0.2) is 11.5 Å². The lowest BCUT2D eigenvalue weighted by Gasteiger charge is -2.02. The highest BCUT2D eigenvalue weighted by molar-refractivity contribution is 5.44. The summed E-state index contributed by atoms with van der Waals surface area (Å²) in [4.78, 5) is 0. The first-order valence-electron chi connectivity index (χ1n) is 3.62. The van der Waals surface area contributed by atoms with E-state index in [1.807, 2.05) is 0 Å². The van der Waals surface area contributed by atoms with Gasteiger partial charge in [0.05, 0.1) is 0 Å². The Kier molecular flexibility index (Phi) is 2.58. The lowest BCUT2D eigenvalue weighted by molar-refractivity contribution is 0.400. The summed E-state index contributed by atoms with van der Waals surface area (Å²) in [6.07, 6.45) is 3.63. The highest BCUT2D eigenvalue weighted by Gasteiger charge is 2.02. The molecule has 0 bridgehead atoms. The summed E-state index contributed by atoms with van der Waals surface area (Å²) in [5, 5.41) is 18.4. The molecule has 0 heterocycles. The Morgan fingerprint density at radius 3 is 2.75 bits per heavy atom. The standard InChI is InChI=1S/C9H11NO2/c10-6-2-4-7-3-1-5-8(11)9(7)12/h1-3,5-6,11-12H,4,10H2. The Morgan fingerprint density at radius 1 is 1.33 bits per heavy atom. The molecule has 3 heteroatoms. The second-order valence-corrected chi connectivity index (χ2v) is 2.42. The zero-order valence-corrected chi connectivity index (χ0v) is 6.57. The molecule has 64 valence electrons. The summed E-state index contributed by atoms with van der Waals surface area (Å²) in [6.45, 7) is 0. The number of hydrogen-bond donors (Lipinski definition) is 3. The molecule has 0 amide bonds. The van der Waals surface area contributed by atoms with E-state index in [2.05, 4.69) is 0 Å². The first kappa shape index (κ1) is 8.46. The lowest BCUT2D eigenvalue weighted by atomic mass is 10.1. The second kappa shape index (κ2) is 3.67. The van der Waals surface area contributed by atoms with E-state index in [0.29, 0.717) is 12.0 Å².